The number of anilines is 1. The number of nitrogens with one attached hydrogen (secondary N) is 2. The molecular weight excluding hydrogens is 524 g/mol. The second-order valence-corrected chi connectivity index (χ2v) is 8.92. The smallest absolute Gasteiger partial charge is 0.213 e. The lowest BCUT2D eigenvalue weighted by Gasteiger charge is -2.31. The standard InChI is InChI=1S/C23H34FN5O2.HI/c1-5-25-22(28-15-21-26-14-20(31-21)23(2,3)4)27-13-16-6-7-19(18(24)12-16)29-10-8-17(30)9-11-29;/h6-7,12,14,17,30H,5,8-11,13,15H2,1-4H3,(H2,25,27,28);1H. The van der Waals surface area contributed by atoms with Crippen LogP contribution < -0.4 is 15.5 Å². The predicted molar refractivity (Wildman–Crippen MR) is 136 cm³/mol. The van der Waals surface area contributed by atoms with Crippen LogP contribution in [0.25, 0.3) is 0 Å². The van der Waals surface area contributed by atoms with Gasteiger partial charge >= 0.3 is 0 Å². The van der Waals surface area contributed by atoms with Crippen molar-refractivity contribution in [3.05, 3.63) is 47.4 Å². The molecule has 0 atom stereocenters. The number of aliphatic imine (C=N–C) groups is 1. The van der Waals surface area contributed by atoms with E-state index in [2.05, 4.69) is 41.4 Å². The van der Waals surface area contributed by atoms with Crippen molar-refractivity contribution in [1.29, 1.82) is 0 Å². The van der Waals surface area contributed by atoms with Crippen LogP contribution in [0.4, 0.5) is 10.1 Å². The van der Waals surface area contributed by atoms with E-state index in [0.717, 1.165) is 11.3 Å². The molecular formula is C23H35FIN5O2. The molecule has 1 saturated heterocycles. The molecule has 0 bridgehead atoms. The molecule has 3 N–H and O–H groups in total. The van der Waals surface area contributed by atoms with Crippen LogP contribution in [-0.4, -0.2) is 41.8 Å². The van der Waals surface area contributed by atoms with E-state index in [1.165, 1.54) is 6.07 Å². The Morgan fingerprint density at radius 2 is 2.00 bits per heavy atom. The van der Waals surface area contributed by atoms with E-state index in [-0.39, 0.29) is 41.3 Å². The van der Waals surface area contributed by atoms with Crippen LogP contribution in [0, 0.1) is 5.82 Å². The van der Waals surface area contributed by atoms with Crippen LogP contribution >= 0.6 is 24.0 Å². The summed E-state index contributed by atoms with van der Waals surface area (Å²) in [6.07, 6.45) is 2.83. The van der Waals surface area contributed by atoms with E-state index in [9.17, 15) is 9.50 Å². The number of guanidine groups is 1. The van der Waals surface area contributed by atoms with Crippen molar-refractivity contribution in [2.45, 2.75) is 65.1 Å². The summed E-state index contributed by atoms with van der Waals surface area (Å²) in [4.78, 5) is 10.9. The van der Waals surface area contributed by atoms with Crippen LogP contribution in [0.2, 0.25) is 0 Å². The summed E-state index contributed by atoms with van der Waals surface area (Å²) in [5.74, 6) is 1.80. The molecule has 7 nitrogen and oxygen atoms in total. The van der Waals surface area contributed by atoms with Gasteiger partial charge in [-0.3, -0.25) is 0 Å². The third kappa shape index (κ3) is 7.33. The van der Waals surface area contributed by atoms with E-state index >= 15 is 0 Å². The highest BCUT2D eigenvalue weighted by Gasteiger charge is 2.20. The zero-order valence-electron chi connectivity index (χ0n) is 19.3. The number of aliphatic hydroxyl groups is 1. The first-order chi connectivity index (χ1) is 14.8. The summed E-state index contributed by atoms with van der Waals surface area (Å²) in [5, 5.41) is 16.0. The van der Waals surface area contributed by atoms with E-state index in [0.29, 0.717) is 63.1 Å². The average molecular weight is 559 g/mol. The highest BCUT2D eigenvalue weighted by atomic mass is 127. The van der Waals surface area contributed by atoms with Crippen LogP contribution in [0.1, 0.15) is 57.8 Å². The number of oxazole rings is 1. The minimum Gasteiger partial charge on any atom is -0.443 e. The minimum atomic E-state index is -0.277. The first-order valence-electron chi connectivity index (χ1n) is 10.9. The quantitative estimate of drug-likeness (QED) is 0.283. The van der Waals surface area contributed by atoms with Crippen LogP contribution in [0.3, 0.4) is 0 Å². The Bertz CT molecular complexity index is 889. The fraction of sp³-hybridized carbons (Fsp3) is 0.565. The Labute approximate surface area is 206 Å². The summed E-state index contributed by atoms with van der Waals surface area (Å²) >= 11 is 0. The molecule has 1 aliphatic heterocycles. The fourth-order valence-electron chi connectivity index (χ4n) is 3.42. The molecule has 1 aliphatic rings. The highest BCUT2D eigenvalue weighted by Crippen LogP contribution is 2.25. The average Bonchev–Trinajstić information content (AvgIpc) is 3.21. The lowest BCUT2D eigenvalue weighted by Crippen LogP contribution is -2.37. The Hall–Kier alpha value is -1.88. The lowest BCUT2D eigenvalue weighted by molar-refractivity contribution is 0.145. The third-order valence-electron chi connectivity index (χ3n) is 5.28. The normalized spacial score (nSPS) is 15.4. The molecule has 1 aromatic heterocycles. The van der Waals surface area contributed by atoms with E-state index in [4.69, 9.17) is 4.42 Å². The number of halogens is 2. The Morgan fingerprint density at radius 3 is 2.59 bits per heavy atom. The summed E-state index contributed by atoms with van der Waals surface area (Å²) in [6.45, 7) is 11.0. The largest absolute Gasteiger partial charge is 0.443 e. The zero-order valence-corrected chi connectivity index (χ0v) is 21.7. The predicted octanol–water partition coefficient (Wildman–Crippen LogP) is 3.95. The van der Waals surface area contributed by atoms with Gasteiger partial charge in [-0.1, -0.05) is 26.8 Å². The van der Waals surface area contributed by atoms with Gasteiger partial charge in [-0.25, -0.2) is 14.4 Å². The molecule has 178 valence electrons. The Balaban J connectivity index is 0.00000363. The van der Waals surface area contributed by atoms with Gasteiger partial charge in [-0.2, -0.15) is 0 Å². The summed E-state index contributed by atoms with van der Waals surface area (Å²) in [5.41, 5.74) is 1.29. The number of hydrogen-bond acceptors (Lipinski definition) is 5. The molecule has 9 heteroatoms. The fourth-order valence-corrected chi connectivity index (χ4v) is 3.42. The third-order valence-corrected chi connectivity index (χ3v) is 5.28. The highest BCUT2D eigenvalue weighted by molar-refractivity contribution is 14.0. The SMILES string of the molecule is CCNC(=NCc1ccc(N2CCC(O)CC2)c(F)c1)NCc1ncc(C(C)(C)C)o1.I. The Kier molecular flexibility index (Phi) is 9.75. The number of aliphatic hydroxyl groups excluding tert-OH is 1. The Morgan fingerprint density at radius 1 is 1.28 bits per heavy atom. The molecule has 0 amide bonds. The van der Waals surface area contributed by atoms with Gasteiger partial charge in [0, 0.05) is 25.0 Å². The number of piperidine rings is 1. The van der Waals surface area contributed by atoms with Crippen LogP contribution in [0.15, 0.2) is 33.8 Å². The van der Waals surface area contributed by atoms with Gasteiger partial charge in [-0.15, -0.1) is 24.0 Å². The first-order valence-corrected chi connectivity index (χ1v) is 10.9. The van der Waals surface area contributed by atoms with Gasteiger partial charge in [0.05, 0.1) is 31.1 Å². The van der Waals surface area contributed by atoms with E-state index in [1.807, 2.05) is 17.9 Å². The first kappa shape index (κ1) is 26.4. The monoisotopic (exact) mass is 559 g/mol. The maximum Gasteiger partial charge on any atom is 0.213 e. The molecule has 0 unspecified atom stereocenters. The van der Waals surface area contributed by atoms with Gasteiger partial charge in [-0.05, 0) is 37.5 Å². The number of aromatic nitrogens is 1. The number of benzene rings is 1. The molecule has 1 aromatic carbocycles. The van der Waals surface area contributed by atoms with Crippen molar-refractivity contribution >= 4 is 35.6 Å². The molecule has 2 aromatic rings. The maximum atomic E-state index is 14.7. The molecule has 2 heterocycles. The topological polar surface area (TPSA) is 85.9 Å². The van der Waals surface area contributed by atoms with Crippen molar-refractivity contribution in [1.82, 2.24) is 15.6 Å². The second-order valence-electron chi connectivity index (χ2n) is 8.92. The number of hydrogen-bond donors (Lipinski definition) is 3. The van der Waals surface area contributed by atoms with Gasteiger partial charge in [0.1, 0.15) is 11.6 Å². The van der Waals surface area contributed by atoms with Crippen molar-refractivity contribution in [2.75, 3.05) is 24.5 Å². The van der Waals surface area contributed by atoms with Crippen molar-refractivity contribution in [2.24, 2.45) is 4.99 Å². The van der Waals surface area contributed by atoms with Crippen LogP contribution in [0.5, 0.6) is 0 Å². The molecule has 0 radical (unpaired) electrons. The lowest BCUT2D eigenvalue weighted by atomic mass is 9.94. The maximum absolute atomic E-state index is 14.7. The number of nitrogens with zero attached hydrogens (tertiary/aromatic N) is 3. The second kappa shape index (κ2) is 11.8. The summed E-state index contributed by atoms with van der Waals surface area (Å²) in [7, 11) is 0. The van der Waals surface area contributed by atoms with E-state index < -0.39 is 0 Å². The molecule has 0 saturated carbocycles. The van der Waals surface area contributed by atoms with Crippen molar-refractivity contribution < 1.29 is 13.9 Å². The van der Waals surface area contributed by atoms with Crippen molar-refractivity contribution in [3.63, 3.8) is 0 Å². The van der Waals surface area contributed by atoms with Crippen molar-refractivity contribution in [3.8, 4) is 0 Å². The molecule has 1 fully saturated rings. The summed E-state index contributed by atoms with van der Waals surface area (Å²) < 4.78 is 20.5. The zero-order chi connectivity index (χ0) is 22.4. The van der Waals surface area contributed by atoms with Gasteiger partial charge in [0.2, 0.25) is 5.89 Å². The summed E-state index contributed by atoms with van der Waals surface area (Å²) in [6, 6.07) is 5.25. The van der Waals surface area contributed by atoms with Gasteiger partial charge in [0.25, 0.3) is 0 Å². The molecule has 0 spiro atoms. The number of rotatable bonds is 6. The molecule has 3 rings (SSSR count). The van der Waals surface area contributed by atoms with Gasteiger partial charge in [0.15, 0.2) is 5.96 Å². The van der Waals surface area contributed by atoms with E-state index in [1.54, 1.807) is 12.3 Å². The molecule has 0 aliphatic carbocycles. The molecule has 32 heavy (non-hydrogen) atoms. The minimum absolute atomic E-state index is 0. The van der Waals surface area contributed by atoms with Gasteiger partial charge < -0.3 is 25.1 Å². The van der Waals surface area contributed by atoms with Crippen LogP contribution in [-0.2, 0) is 18.5 Å².